The van der Waals surface area contributed by atoms with Gasteiger partial charge in [-0.15, -0.1) is 0 Å². The van der Waals surface area contributed by atoms with Gasteiger partial charge in [0.15, 0.2) is 0 Å². The number of amides is 1. The Labute approximate surface area is 193 Å². The largest absolute Gasteiger partial charge is 0.481 e. The third-order valence-corrected chi connectivity index (χ3v) is 7.11. The number of fused-ring (bicyclic) bond motifs is 1. The first-order valence-electron chi connectivity index (χ1n) is 11.5. The molecule has 2 aliphatic heterocycles. The molecule has 0 unspecified atom stereocenters. The second kappa shape index (κ2) is 9.19. The fourth-order valence-electron chi connectivity index (χ4n) is 4.74. The number of aromatic nitrogens is 3. The van der Waals surface area contributed by atoms with E-state index in [9.17, 15) is 4.79 Å². The summed E-state index contributed by atoms with van der Waals surface area (Å²) < 4.78 is 5.16. The minimum Gasteiger partial charge on any atom is -0.481 e. The van der Waals surface area contributed by atoms with E-state index in [4.69, 9.17) is 21.3 Å². The molecule has 1 saturated carbocycles. The summed E-state index contributed by atoms with van der Waals surface area (Å²) in [6, 6.07) is 4.02. The molecule has 4 heterocycles. The maximum Gasteiger partial charge on any atom is 0.254 e. The van der Waals surface area contributed by atoms with Crippen LogP contribution in [0.1, 0.15) is 40.9 Å². The second-order valence-corrected chi connectivity index (χ2v) is 9.15. The lowest BCUT2D eigenvalue weighted by Crippen LogP contribution is -2.52. The minimum atomic E-state index is -0.0688. The Morgan fingerprint density at radius 1 is 1.06 bits per heavy atom. The van der Waals surface area contributed by atoms with Crippen LogP contribution in [0.2, 0.25) is 5.15 Å². The van der Waals surface area contributed by atoms with Crippen molar-refractivity contribution in [3.05, 3.63) is 40.3 Å². The Morgan fingerprint density at radius 2 is 1.84 bits per heavy atom. The lowest BCUT2D eigenvalue weighted by molar-refractivity contribution is 0.0762. The van der Waals surface area contributed by atoms with Gasteiger partial charge in [0.2, 0.25) is 11.8 Å². The first kappa shape index (κ1) is 21.4. The van der Waals surface area contributed by atoms with Crippen LogP contribution < -0.4 is 9.64 Å². The van der Waals surface area contributed by atoms with Gasteiger partial charge in [-0.2, -0.15) is 0 Å². The normalized spacial score (nSPS) is 19.8. The molecule has 0 aromatic carbocycles. The molecular weight excluding hydrogens is 428 g/mol. The molecule has 1 saturated heterocycles. The monoisotopic (exact) mass is 456 g/mol. The molecule has 1 amide bonds. The highest BCUT2D eigenvalue weighted by Crippen LogP contribution is 2.26. The number of pyridine rings is 1. The molecule has 2 aromatic rings. The molecule has 0 bridgehead atoms. The van der Waals surface area contributed by atoms with Crippen LogP contribution in [0.5, 0.6) is 5.88 Å². The first-order chi connectivity index (χ1) is 15.6. The van der Waals surface area contributed by atoms with Crippen molar-refractivity contribution < 1.29 is 9.53 Å². The third-order valence-electron chi connectivity index (χ3n) is 6.91. The standard InChI is InChI=1S/C23H29ClN6O2/c1-32-21-14-17(13-20(24)27-21)22(31)29-7-5-16-15-25-23(26-19(16)6-8-29)30-11-9-28(10-12-30)18-3-2-4-18/h13-15,18H,2-12H2,1H3. The maximum atomic E-state index is 13.1. The molecule has 0 radical (unpaired) electrons. The van der Waals surface area contributed by atoms with Gasteiger partial charge in [0.05, 0.1) is 12.8 Å². The first-order valence-corrected chi connectivity index (χ1v) is 11.8. The lowest BCUT2D eigenvalue weighted by atomic mass is 9.91. The molecule has 1 aliphatic carbocycles. The summed E-state index contributed by atoms with van der Waals surface area (Å²) in [4.78, 5) is 33.5. The number of methoxy groups -OCH3 is 1. The number of halogens is 1. The number of hydrogen-bond acceptors (Lipinski definition) is 7. The SMILES string of the molecule is COc1cc(C(=O)N2CCc3cnc(N4CCN(C5CCC5)CC4)nc3CC2)cc(Cl)n1. The van der Waals surface area contributed by atoms with Crippen LogP contribution in [-0.2, 0) is 12.8 Å². The highest BCUT2D eigenvalue weighted by atomic mass is 35.5. The van der Waals surface area contributed by atoms with E-state index >= 15 is 0 Å². The zero-order valence-electron chi connectivity index (χ0n) is 18.5. The van der Waals surface area contributed by atoms with E-state index in [1.807, 2.05) is 11.1 Å². The zero-order chi connectivity index (χ0) is 22.1. The van der Waals surface area contributed by atoms with Crippen molar-refractivity contribution in [3.63, 3.8) is 0 Å². The van der Waals surface area contributed by atoms with E-state index in [0.29, 0.717) is 31.0 Å². The fourth-order valence-corrected chi connectivity index (χ4v) is 4.94. The van der Waals surface area contributed by atoms with Crippen molar-refractivity contribution >= 4 is 23.5 Å². The van der Waals surface area contributed by atoms with Crippen LogP contribution in [0.4, 0.5) is 5.95 Å². The quantitative estimate of drug-likeness (QED) is 0.654. The number of anilines is 1. The lowest BCUT2D eigenvalue weighted by Gasteiger charge is -2.43. The van der Waals surface area contributed by atoms with Crippen molar-refractivity contribution in [3.8, 4) is 5.88 Å². The van der Waals surface area contributed by atoms with E-state index in [1.54, 1.807) is 12.1 Å². The van der Waals surface area contributed by atoms with Crippen LogP contribution in [0, 0.1) is 0 Å². The Morgan fingerprint density at radius 3 is 2.56 bits per heavy atom. The van der Waals surface area contributed by atoms with Crippen LogP contribution in [-0.4, -0.2) is 83.1 Å². The minimum absolute atomic E-state index is 0.0688. The van der Waals surface area contributed by atoms with Crippen molar-refractivity contribution in [2.75, 3.05) is 51.3 Å². The molecule has 9 heteroatoms. The molecule has 3 aliphatic rings. The zero-order valence-corrected chi connectivity index (χ0v) is 19.2. The van der Waals surface area contributed by atoms with Gasteiger partial charge in [0.1, 0.15) is 5.15 Å². The molecule has 8 nitrogen and oxygen atoms in total. The van der Waals surface area contributed by atoms with Gasteiger partial charge in [-0.1, -0.05) is 18.0 Å². The summed E-state index contributed by atoms with van der Waals surface area (Å²) in [6.45, 7) is 5.36. The Balaban J connectivity index is 1.24. The van der Waals surface area contributed by atoms with Crippen molar-refractivity contribution in [1.82, 2.24) is 24.8 Å². The summed E-state index contributed by atoms with van der Waals surface area (Å²) in [6.07, 6.45) is 7.49. The Bertz CT molecular complexity index is 990. The summed E-state index contributed by atoms with van der Waals surface area (Å²) in [5.41, 5.74) is 2.67. The number of rotatable bonds is 4. The number of nitrogens with zero attached hydrogens (tertiary/aromatic N) is 6. The highest BCUT2D eigenvalue weighted by Gasteiger charge is 2.29. The smallest absolute Gasteiger partial charge is 0.254 e. The van der Waals surface area contributed by atoms with Crippen molar-refractivity contribution in [2.45, 2.75) is 38.1 Å². The van der Waals surface area contributed by atoms with Crippen molar-refractivity contribution in [1.29, 1.82) is 0 Å². The number of hydrogen-bond donors (Lipinski definition) is 0. The van der Waals surface area contributed by atoms with Gasteiger partial charge in [-0.05, 0) is 30.9 Å². The van der Waals surface area contributed by atoms with E-state index in [2.05, 4.69) is 19.8 Å². The van der Waals surface area contributed by atoms with Crippen LogP contribution >= 0.6 is 11.6 Å². The summed E-state index contributed by atoms with van der Waals surface area (Å²) in [7, 11) is 1.51. The summed E-state index contributed by atoms with van der Waals surface area (Å²) in [5.74, 6) is 1.09. The number of carbonyl (C=O) groups is 1. The predicted molar refractivity (Wildman–Crippen MR) is 123 cm³/mol. The number of piperazine rings is 1. The van der Waals surface area contributed by atoms with Gasteiger partial charge in [-0.25, -0.2) is 15.0 Å². The molecule has 2 aromatic heterocycles. The summed E-state index contributed by atoms with van der Waals surface area (Å²) >= 11 is 6.06. The molecule has 2 fully saturated rings. The average molecular weight is 457 g/mol. The fraction of sp³-hybridized carbons (Fsp3) is 0.565. The predicted octanol–water partition coefficient (Wildman–Crippen LogP) is 2.45. The molecule has 0 atom stereocenters. The van der Waals surface area contributed by atoms with Crippen molar-refractivity contribution in [2.24, 2.45) is 0 Å². The highest BCUT2D eigenvalue weighted by molar-refractivity contribution is 6.29. The maximum absolute atomic E-state index is 13.1. The third kappa shape index (κ3) is 4.38. The summed E-state index contributed by atoms with van der Waals surface area (Å²) in [5, 5.41) is 0.249. The van der Waals surface area contributed by atoms with Gasteiger partial charge in [0.25, 0.3) is 5.91 Å². The second-order valence-electron chi connectivity index (χ2n) is 8.76. The van der Waals surface area contributed by atoms with E-state index in [0.717, 1.165) is 55.8 Å². The van der Waals surface area contributed by atoms with Gasteiger partial charge >= 0.3 is 0 Å². The van der Waals surface area contributed by atoms with Gasteiger partial charge < -0.3 is 14.5 Å². The molecule has 0 N–H and O–H groups in total. The van der Waals surface area contributed by atoms with Crippen LogP contribution in [0.25, 0.3) is 0 Å². The van der Waals surface area contributed by atoms with Gasteiger partial charge in [0, 0.05) is 69.6 Å². The molecule has 32 heavy (non-hydrogen) atoms. The molecular formula is C23H29ClN6O2. The number of carbonyl (C=O) groups excluding carboxylic acids is 1. The molecule has 5 rings (SSSR count). The number of ether oxygens (including phenoxy) is 1. The molecule has 170 valence electrons. The van der Waals surface area contributed by atoms with Gasteiger partial charge in [-0.3, -0.25) is 9.69 Å². The Kier molecular flexibility index (Phi) is 6.15. The van der Waals surface area contributed by atoms with E-state index in [-0.39, 0.29) is 11.1 Å². The van der Waals surface area contributed by atoms with E-state index in [1.165, 1.54) is 26.4 Å². The average Bonchev–Trinajstić information content (AvgIpc) is 2.99. The topological polar surface area (TPSA) is 74.7 Å². The molecule has 0 spiro atoms. The van der Waals surface area contributed by atoms with Crippen LogP contribution in [0.15, 0.2) is 18.3 Å². The van der Waals surface area contributed by atoms with E-state index < -0.39 is 0 Å². The van der Waals surface area contributed by atoms with Crippen LogP contribution in [0.3, 0.4) is 0 Å². The Hall–Kier alpha value is -2.45.